The normalized spacial score (nSPS) is 13.9. The average Bonchev–Trinajstić information content (AvgIpc) is 3.10. The summed E-state index contributed by atoms with van der Waals surface area (Å²) < 4.78 is 16.0. The van der Waals surface area contributed by atoms with Gasteiger partial charge in [-0.15, -0.1) is 0 Å². The fourth-order valence-electron chi connectivity index (χ4n) is 5.06. The van der Waals surface area contributed by atoms with Gasteiger partial charge in [-0.2, -0.15) is 0 Å². The molecule has 298 valence electrons. The lowest BCUT2D eigenvalue weighted by atomic mass is 10.0. The number of nitrogens with zero attached hydrogens (tertiary/aromatic N) is 1. The van der Waals surface area contributed by atoms with Gasteiger partial charge in [0.2, 0.25) is 0 Å². The number of aliphatic carboxylic acids is 1. The number of ether oxygens (including phenoxy) is 3. The number of hydrogen-bond acceptors (Lipinski definition) is 7. The van der Waals surface area contributed by atoms with Gasteiger partial charge < -0.3 is 33.7 Å². The van der Waals surface area contributed by atoms with Gasteiger partial charge in [-0.05, 0) is 57.8 Å². The maximum absolute atomic E-state index is 12.0. The number of carbonyl (C=O) groups excluding carboxylic acids is 2. The van der Waals surface area contributed by atoms with Gasteiger partial charge >= 0.3 is 5.97 Å². The highest BCUT2D eigenvalue weighted by molar-refractivity contribution is 5.69. The lowest BCUT2D eigenvalue weighted by Gasteiger charge is -2.26. The summed E-state index contributed by atoms with van der Waals surface area (Å²) in [6.07, 6.45) is 46.3. The van der Waals surface area contributed by atoms with Crippen LogP contribution < -0.4 is 5.11 Å². The molecule has 0 aromatic carbocycles. The molecule has 0 bridgehead atoms. The minimum absolute atomic E-state index is 0.167. The number of allylic oxidation sites excluding steroid dienone is 12. The van der Waals surface area contributed by atoms with Crippen LogP contribution in [0.5, 0.6) is 0 Å². The molecule has 0 aromatic rings. The van der Waals surface area contributed by atoms with Crippen molar-refractivity contribution in [2.45, 2.75) is 148 Å². The van der Waals surface area contributed by atoms with Crippen LogP contribution in [0, 0.1) is 0 Å². The number of carbonyl (C=O) groups is 2. The average molecular weight is 730 g/mol. The Morgan fingerprint density at radius 3 is 1.46 bits per heavy atom. The fourth-order valence-corrected chi connectivity index (χ4v) is 5.06. The topological polar surface area (TPSA) is 105 Å². The zero-order chi connectivity index (χ0) is 38.4. The number of carboxylic acid groups (broad SMARTS) is 1. The standard InChI is InChI=1S/C44H75NO7/c1-5-6-7-8-9-10-11-12-13-14-15-16-17-18-19-20-21-22-23-24-25-26-27-28-29-30-31-32-33-34-35-36-42(47)51-39-41(46)40-52-44(43(48)49)50-38-37-45(2,3)4/h6-7,9-10,12-13,15-16,18-19,21-22,41,44,46H,5,8,11,14,17,20,23-40H2,1-4H3/b7-6-,10-9-,13-12-,16-15-,19-18-,22-21-. The Hall–Kier alpha value is -2.78. The van der Waals surface area contributed by atoms with Crippen LogP contribution in [-0.4, -0.2) is 81.4 Å². The number of rotatable bonds is 36. The van der Waals surface area contributed by atoms with Crippen molar-refractivity contribution in [2.24, 2.45) is 0 Å². The van der Waals surface area contributed by atoms with Gasteiger partial charge in [-0.3, -0.25) is 4.79 Å². The number of esters is 1. The first kappa shape index (κ1) is 49.2. The van der Waals surface area contributed by atoms with E-state index in [1.165, 1.54) is 64.2 Å². The molecule has 8 heteroatoms. The van der Waals surface area contributed by atoms with E-state index in [0.717, 1.165) is 57.8 Å². The van der Waals surface area contributed by atoms with Gasteiger partial charge in [0.25, 0.3) is 0 Å². The molecule has 0 saturated carbocycles. The van der Waals surface area contributed by atoms with Crippen molar-refractivity contribution < 1.29 is 38.5 Å². The maximum atomic E-state index is 12.0. The summed E-state index contributed by atoms with van der Waals surface area (Å²) in [5.41, 5.74) is 0. The molecule has 0 amide bonds. The van der Waals surface area contributed by atoms with Gasteiger partial charge in [-0.1, -0.05) is 144 Å². The molecule has 0 spiro atoms. The number of unbranched alkanes of at least 4 members (excludes halogenated alkanes) is 12. The molecule has 1 N–H and O–H groups in total. The number of aliphatic hydroxyl groups excluding tert-OH is 1. The lowest BCUT2D eigenvalue weighted by molar-refractivity contribution is -0.870. The van der Waals surface area contributed by atoms with Crippen LogP contribution in [0.2, 0.25) is 0 Å². The maximum Gasteiger partial charge on any atom is 0.305 e. The molecule has 0 aromatic heterocycles. The number of likely N-dealkylation sites (N-methyl/N-ethyl adjacent to an activating group) is 1. The molecule has 0 rings (SSSR count). The molecule has 2 atom stereocenters. The zero-order valence-electron chi connectivity index (χ0n) is 33.4. The van der Waals surface area contributed by atoms with E-state index in [2.05, 4.69) is 79.8 Å². The minimum Gasteiger partial charge on any atom is -0.545 e. The van der Waals surface area contributed by atoms with Gasteiger partial charge in [0.1, 0.15) is 19.3 Å². The summed E-state index contributed by atoms with van der Waals surface area (Å²) in [5, 5.41) is 21.2. The van der Waals surface area contributed by atoms with E-state index >= 15 is 0 Å². The Kier molecular flexibility index (Phi) is 34.6. The molecular formula is C44H75NO7. The Morgan fingerprint density at radius 1 is 0.596 bits per heavy atom. The van der Waals surface area contributed by atoms with E-state index < -0.39 is 18.4 Å². The van der Waals surface area contributed by atoms with Crippen molar-refractivity contribution in [3.05, 3.63) is 72.9 Å². The second-order valence-corrected chi connectivity index (χ2v) is 14.4. The quantitative estimate of drug-likeness (QED) is 0.0226. The molecule has 0 aliphatic heterocycles. The van der Waals surface area contributed by atoms with Crippen molar-refractivity contribution >= 4 is 11.9 Å². The van der Waals surface area contributed by atoms with Crippen molar-refractivity contribution in [3.8, 4) is 0 Å². The number of hydrogen-bond donors (Lipinski definition) is 1. The van der Waals surface area contributed by atoms with Crippen molar-refractivity contribution in [3.63, 3.8) is 0 Å². The van der Waals surface area contributed by atoms with Crippen LogP contribution in [-0.2, 0) is 23.8 Å². The van der Waals surface area contributed by atoms with Crippen LogP contribution in [0.3, 0.4) is 0 Å². The van der Waals surface area contributed by atoms with E-state index in [1.807, 2.05) is 21.1 Å². The Labute approximate surface area is 318 Å². The molecule has 8 nitrogen and oxygen atoms in total. The smallest absolute Gasteiger partial charge is 0.305 e. The van der Waals surface area contributed by atoms with E-state index in [9.17, 15) is 19.8 Å². The molecular weight excluding hydrogens is 654 g/mol. The third-order valence-electron chi connectivity index (χ3n) is 8.20. The van der Waals surface area contributed by atoms with Crippen LogP contribution in [0.1, 0.15) is 135 Å². The summed E-state index contributed by atoms with van der Waals surface area (Å²) in [7, 11) is 5.87. The van der Waals surface area contributed by atoms with E-state index in [4.69, 9.17) is 14.2 Å². The first-order valence-corrected chi connectivity index (χ1v) is 20.1. The monoisotopic (exact) mass is 730 g/mol. The predicted octanol–water partition coefficient (Wildman–Crippen LogP) is 8.87. The lowest BCUT2D eigenvalue weighted by Crippen LogP contribution is -2.44. The van der Waals surface area contributed by atoms with Gasteiger partial charge in [0.15, 0.2) is 6.29 Å². The van der Waals surface area contributed by atoms with Gasteiger partial charge in [0, 0.05) is 6.42 Å². The minimum atomic E-state index is -1.58. The van der Waals surface area contributed by atoms with Crippen LogP contribution in [0.15, 0.2) is 72.9 Å². The van der Waals surface area contributed by atoms with Crippen molar-refractivity contribution in [1.82, 2.24) is 0 Å². The fraction of sp³-hybridized carbons (Fsp3) is 0.682. The second-order valence-electron chi connectivity index (χ2n) is 14.4. The highest BCUT2D eigenvalue weighted by Gasteiger charge is 2.17. The van der Waals surface area contributed by atoms with Crippen LogP contribution >= 0.6 is 0 Å². The van der Waals surface area contributed by atoms with Gasteiger partial charge in [0.05, 0.1) is 40.3 Å². The van der Waals surface area contributed by atoms with Crippen molar-refractivity contribution in [2.75, 3.05) is 47.5 Å². The summed E-state index contributed by atoms with van der Waals surface area (Å²) >= 11 is 0. The molecule has 0 radical (unpaired) electrons. The summed E-state index contributed by atoms with van der Waals surface area (Å²) in [6.45, 7) is 2.33. The molecule has 0 heterocycles. The van der Waals surface area contributed by atoms with Crippen LogP contribution in [0.25, 0.3) is 0 Å². The molecule has 2 unspecified atom stereocenters. The largest absolute Gasteiger partial charge is 0.545 e. The van der Waals surface area contributed by atoms with E-state index in [0.29, 0.717) is 17.4 Å². The summed E-state index contributed by atoms with van der Waals surface area (Å²) in [4.78, 5) is 23.2. The van der Waals surface area contributed by atoms with Crippen molar-refractivity contribution in [1.29, 1.82) is 0 Å². The molecule has 0 fully saturated rings. The van der Waals surface area contributed by atoms with Crippen LogP contribution in [0.4, 0.5) is 0 Å². The predicted molar refractivity (Wildman–Crippen MR) is 213 cm³/mol. The Morgan fingerprint density at radius 2 is 1.02 bits per heavy atom. The van der Waals surface area contributed by atoms with E-state index in [1.54, 1.807) is 0 Å². The molecule has 0 aliphatic carbocycles. The number of aliphatic hydroxyl groups is 1. The first-order valence-electron chi connectivity index (χ1n) is 20.1. The highest BCUT2D eigenvalue weighted by Crippen LogP contribution is 2.13. The Balaban J connectivity index is 3.53. The second kappa shape index (κ2) is 36.6. The van der Waals surface area contributed by atoms with Gasteiger partial charge in [-0.25, -0.2) is 0 Å². The number of quaternary nitrogens is 1. The third kappa shape index (κ3) is 38.5. The van der Waals surface area contributed by atoms with E-state index in [-0.39, 0.29) is 25.8 Å². The summed E-state index contributed by atoms with van der Waals surface area (Å²) in [5.74, 6) is -1.88. The Bertz CT molecular complexity index is 1020. The molecule has 0 saturated heterocycles. The SMILES string of the molecule is CC/C=C\C/C=C\C/C=C\C/C=C\C/C=C\C/C=C\CCCCCCCCCCCCCCC(=O)OCC(O)COC(OCC[N+](C)(C)C)C(=O)[O-]. The summed E-state index contributed by atoms with van der Waals surface area (Å²) in [6, 6.07) is 0. The highest BCUT2D eigenvalue weighted by atomic mass is 16.7. The zero-order valence-corrected chi connectivity index (χ0v) is 33.4. The third-order valence-corrected chi connectivity index (χ3v) is 8.20. The molecule has 52 heavy (non-hydrogen) atoms. The first-order chi connectivity index (χ1) is 25.2. The molecule has 0 aliphatic rings. The number of carboxylic acids is 1.